The van der Waals surface area contributed by atoms with E-state index in [1.807, 2.05) is 0 Å². The van der Waals surface area contributed by atoms with Crippen LogP contribution in [0.25, 0.3) is 0 Å². The Morgan fingerprint density at radius 1 is 1.53 bits per heavy atom. The molecule has 7 heteroatoms. The highest BCUT2D eigenvalue weighted by molar-refractivity contribution is 5.92. The second-order valence-electron chi connectivity index (χ2n) is 4.38. The van der Waals surface area contributed by atoms with Gasteiger partial charge in [0.2, 0.25) is 0 Å². The van der Waals surface area contributed by atoms with Crippen LogP contribution in [0.15, 0.2) is 18.3 Å². The van der Waals surface area contributed by atoms with Gasteiger partial charge in [0.15, 0.2) is 0 Å². The van der Waals surface area contributed by atoms with E-state index in [1.54, 1.807) is 6.92 Å². The van der Waals surface area contributed by atoms with E-state index in [0.29, 0.717) is 12.8 Å². The zero-order chi connectivity index (χ0) is 14.5. The number of amides is 1. The minimum absolute atomic E-state index is 0.0185. The molecule has 0 spiro atoms. The molecule has 1 unspecified atom stereocenters. The van der Waals surface area contributed by atoms with Crippen LogP contribution in [0.4, 0.5) is 13.2 Å². The number of rotatable bonds is 6. The Morgan fingerprint density at radius 3 is 2.79 bits per heavy atom. The average molecular weight is 278 g/mol. The van der Waals surface area contributed by atoms with Crippen molar-refractivity contribution in [3.8, 4) is 0 Å². The summed E-state index contributed by atoms with van der Waals surface area (Å²) in [7, 11) is 0. The van der Waals surface area contributed by atoms with Crippen LogP contribution < -0.4 is 5.32 Å². The number of nitrogens with one attached hydrogen (secondary N) is 1. The summed E-state index contributed by atoms with van der Waals surface area (Å²) in [6.07, 6.45) is -2.04. The molecule has 2 N–H and O–H groups in total. The number of aromatic nitrogens is 1. The van der Waals surface area contributed by atoms with Crippen molar-refractivity contribution in [2.24, 2.45) is 0 Å². The van der Waals surface area contributed by atoms with E-state index in [-0.39, 0.29) is 18.3 Å². The highest BCUT2D eigenvalue weighted by atomic mass is 19.4. The molecule has 1 rings (SSSR count). The van der Waals surface area contributed by atoms with Gasteiger partial charge in [-0.05, 0) is 31.9 Å². The number of aliphatic hydroxyl groups is 1. The van der Waals surface area contributed by atoms with Gasteiger partial charge in [0.1, 0.15) is 12.2 Å². The van der Waals surface area contributed by atoms with Crippen LogP contribution in [0.1, 0.15) is 30.3 Å². The lowest BCUT2D eigenvalue weighted by molar-refractivity contribution is -0.140. The fourth-order valence-corrected chi connectivity index (χ4v) is 1.72. The molecule has 0 bridgehead atoms. The number of hydrogen-bond acceptors (Lipinski definition) is 2. The second-order valence-corrected chi connectivity index (χ2v) is 4.38. The van der Waals surface area contributed by atoms with Crippen LogP contribution >= 0.6 is 0 Å². The summed E-state index contributed by atoms with van der Waals surface area (Å²) in [5.74, 6) is -0.542. The molecule has 0 saturated heterocycles. The van der Waals surface area contributed by atoms with Gasteiger partial charge in [-0.3, -0.25) is 4.79 Å². The first-order valence-electron chi connectivity index (χ1n) is 5.97. The predicted octanol–water partition coefficient (Wildman–Crippen LogP) is 1.94. The van der Waals surface area contributed by atoms with Gasteiger partial charge in [-0.25, -0.2) is 0 Å². The van der Waals surface area contributed by atoms with Crippen molar-refractivity contribution in [2.75, 3.05) is 6.61 Å². The maximum Gasteiger partial charge on any atom is 0.406 e. The van der Waals surface area contributed by atoms with Crippen molar-refractivity contribution in [3.05, 3.63) is 24.0 Å². The van der Waals surface area contributed by atoms with Crippen LogP contribution in [-0.2, 0) is 6.54 Å². The molecule has 0 radical (unpaired) electrons. The molecule has 0 aliphatic heterocycles. The Morgan fingerprint density at radius 2 is 2.21 bits per heavy atom. The number of aliphatic hydroxyl groups excluding tert-OH is 1. The fraction of sp³-hybridized carbons (Fsp3) is 0.583. The second kappa shape index (κ2) is 6.60. The lowest BCUT2D eigenvalue weighted by atomic mass is 10.2. The third-order valence-electron chi connectivity index (χ3n) is 2.58. The molecule has 0 aliphatic carbocycles. The van der Waals surface area contributed by atoms with Gasteiger partial charge in [0.25, 0.3) is 5.91 Å². The quantitative estimate of drug-likeness (QED) is 0.835. The number of carbonyl (C=O) groups is 1. The Hall–Kier alpha value is -1.50. The standard InChI is InChI=1S/C12H17F3N2O2/c1-9(4-3-7-18)16-11(19)10-5-2-6-17(10)8-12(13,14)15/h2,5-6,9,18H,3-4,7-8H2,1H3,(H,16,19). The van der Waals surface area contributed by atoms with Crippen LogP contribution in [0.5, 0.6) is 0 Å². The van der Waals surface area contributed by atoms with Crippen molar-refractivity contribution >= 4 is 5.91 Å². The summed E-state index contributed by atoms with van der Waals surface area (Å²) in [4.78, 5) is 11.8. The van der Waals surface area contributed by atoms with Gasteiger partial charge in [0, 0.05) is 18.8 Å². The zero-order valence-corrected chi connectivity index (χ0v) is 10.6. The summed E-state index contributed by atoms with van der Waals surface area (Å²) in [6, 6.07) is 2.55. The number of halogens is 3. The first-order valence-corrected chi connectivity index (χ1v) is 5.97. The van der Waals surface area contributed by atoms with Crippen molar-refractivity contribution < 1.29 is 23.1 Å². The Kier molecular flexibility index (Phi) is 5.41. The van der Waals surface area contributed by atoms with E-state index in [2.05, 4.69) is 5.32 Å². The SMILES string of the molecule is CC(CCCO)NC(=O)c1cccn1CC(F)(F)F. The van der Waals surface area contributed by atoms with Crippen LogP contribution in [0, 0.1) is 0 Å². The fourth-order valence-electron chi connectivity index (χ4n) is 1.72. The van der Waals surface area contributed by atoms with Gasteiger partial charge >= 0.3 is 6.18 Å². The maximum atomic E-state index is 12.3. The van der Waals surface area contributed by atoms with Crippen molar-refractivity contribution in [3.63, 3.8) is 0 Å². The summed E-state index contributed by atoms with van der Waals surface area (Å²) in [5.41, 5.74) is -0.0202. The number of nitrogens with zero attached hydrogens (tertiary/aromatic N) is 1. The Labute approximate surface area is 109 Å². The first-order chi connectivity index (χ1) is 8.83. The summed E-state index contributed by atoms with van der Waals surface area (Å²) < 4.78 is 37.8. The van der Waals surface area contributed by atoms with Gasteiger partial charge < -0.3 is 15.0 Å². The topological polar surface area (TPSA) is 54.3 Å². The zero-order valence-electron chi connectivity index (χ0n) is 10.6. The van der Waals surface area contributed by atoms with Crippen molar-refractivity contribution in [2.45, 2.75) is 38.5 Å². The maximum absolute atomic E-state index is 12.3. The van der Waals surface area contributed by atoms with Gasteiger partial charge in [0.05, 0.1) is 0 Å². The minimum Gasteiger partial charge on any atom is -0.396 e. The number of hydrogen-bond donors (Lipinski definition) is 2. The molecule has 0 aliphatic rings. The van der Waals surface area contributed by atoms with E-state index in [0.717, 1.165) is 4.57 Å². The Balaban J connectivity index is 2.65. The predicted molar refractivity (Wildman–Crippen MR) is 63.7 cm³/mol. The van der Waals surface area contributed by atoms with Crippen molar-refractivity contribution in [1.82, 2.24) is 9.88 Å². The lowest BCUT2D eigenvalue weighted by Crippen LogP contribution is -2.34. The van der Waals surface area contributed by atoms with Crippen LogP contribution in [0.3, 0.4) is 0 Å². The van der Waals surface area contributed by atoms with Crippen LogP contribution in [-0.4, -0.2) is 34.4 Å². The molecular weight excluding hydrogens is 261 g/mol. The van der Waals surface area contributed by atoms with Gasteiger partial charge in [-0.1, -0.05) is 0 Å². The highest BCUT2D eigenvalue weighted by Gasteiger charge is 2.29. The third-order valence-corrected chi connectivity index (χ3v) is 2.58. The lowest BCUT2D eigenvalue weighted by Gasteiger charge is -2.15. The molecule has 0 saturated carbocycles. The molecule has 108 valence electrons. The monoisotopic (exact) mass is 278 g/mol. The Bertz CT molecular complexity index is 415. The van der Waals surface area contributed by atoms with Gasteiger partial charge in [-0.2, -0.15) is 13.2 Å². The van der Waals surface area contributed by atoms with E-state index in [4.69, 9.17) is 5.11 Å². The normalized spacial score (nSPS) is 13.3. The average Bonchev–Trinajstić information content (AvgIpc) is 2.71. The van der Waals surface area contributed by atoms with E-state index in [1.165, 1.54) is 18.3 Å². The first kappa shape index (κ1) is 15.6. The highest BCUT2D eigenvalue weighted by Crippen LogP contribution is 2.19. The molecule has 1 aromatic rings. The largest absolute Gasteiger partial charge is 0.406 e. The smallest absolute Gasteiger partial charge is 0.396 e. The molecule has 4 nitrogen and oxygen atoms in total. The molecule has 1 heterocycles. The van der Waals surface area contributed by atoms with Crippen LogP contribution in [0.2, 0.25) is 0 Å². The van der Waals surface area contributed by atoms with Gasteiger partial charge in [-0.15, -0.1) is 0 Å². The molecule has 0 fully saturated rings. The molecule has 19 heavy (non-hydrogen) atoms. The number of alkyl halides is 3. The molecule has 1 atom stereocenters. The minimum atomic E-state index is -4.36. The van der Waals surface area contributed by atoms with Crippen molar-refractivity contribution in [1.29, 1.82) is 0 Å². The molecular formula is C12H17F3N2O2. The van der Waals surface area contributed by atoms with E-state index < -0.39 is 18.6 Å². The number of carbonyl (C=O) groups excluding carboxylic acids is 1. The van der Waals surface area contributed by atoms with E-state index >= 15 is 0 Å². The summed E-state index contributed by atoms with van der Waals surface area (Å²) >= 11 is 0. The molecule has 1 aromatic heterocycles. The third kappa shape index (κ3) is 5.34. The summed E-state index contributed by atoms with van der Waals surface area (Å²) in [6.45, 7) is 0.572. The molecule has 1 amide bonds. The summed E-state index contributed by atoms with van der Waals surface area (Å²) in [5, 5.41) is 11.3. The van der Waals surface area contributed by atoms with E-state index in [9.17, 15) is 18.0 Å². The molecule has 0 aromatic carbocycles.